The van der Waals surface area contributed by atoms with Gasteiger partial charge in [-0.05, 0) is 60.7 Å². The summed E-state index contributed by atoms with van der Waals surface area (Å²) in [5.74, 6) is -0.0349. The summed E-state index contributed by atoms with van der Waals surface area (Å²) in [6.45, 7) is 0. The molecule has 5 nitrogen and oxygen atoms in total. The van der Waals surface area contributed by atoms with Crippen LogP contribution in [0.3, 0.4) is 0 Å². The first-order valence-corrected chi connectivity index (χ1v) is 11.2. The fraction of sp³-hybridized carbons (Fsp3) is 0.0769. The summed E-state index contributed by atoms with van der Waals surface area (Å²) in [6, 6.07) is 15.3. The summed E-state index contributed by atoms with van der Waals surface area (Å²) in [7, 11) is 3.43. The van der Waals surface area contributed by atoms with Crippen LogP contribution in [0.1, 0.15) is 0 Å². The van der Waals surface area contributed by atoms with E-state index >= 15 is 0 Å². The van der Waals surface area contributed by atoms with Crippen molar-refractivity contribution in [2.75, 3.05) is 12.4 Å². The van der Waals surface area contributed by atoms with Crippen molar-refractivity contribution in [2.24, 2.45) is 7.05 Å². The monoisotopic (exact) mass is 540 g/mol. The van der Waals surface area contributed by atoms with Gasteiger partial charge in [-0.2, -0.15) is 0 Å². The molecule has 2 aromatic carbocycles. The third kappa shape index (κ3) is 5.63. The molecule has 0 unspecified atom stereocenters. The first kappa shape index (κ1) is 24.3. The molecule has 0 aliphatic carbocycles. The summed E-state index contributed by atoms with van der Waals surface area (Å²) < 4.78 is 47.3. The van der Waals surface area contributed by atoms with Crippen molar-refractivity contribution in [3.63, 3.8) is 0 Å². The molecule has 0 fully saturated rings. The average Bonchev–Trinajstić information content (AvgIpc) is 3.20. The van der Waals surface area contributed by atoms with Gasteiger partial charge in [0.2, 0.25) is 5.88 Å². The molecule has 0 atom stereocenters. The van der Waals surface area contributed by atoms with Gasteiger partial charge in [0.05, 0.1) is 13.3 Å². The lowest BCUT2D eigenvalue weighted by Gasteiger charge is -2.11. The maximum Gasteiger partial charge on any atom is 0.238 e. The lowest BCUT2D eigenvalue weighted by atomic mass is 10.1. The van der Waals surface area contributed by atoms with Crippen LogP contribution in [0, 0.1) is 17.5 Å². The second-order valence-corrected chi connectivity index (χ2v) is 8.40. The van der Waals surface area contributed by atoms with Crippen molar-refractivity contribution in [1.29, 1.82) is 0 Å². The lowest BCUT2D eigenvalue weighted by molar-refractivity contribution is 0.401. The molecule has 0 bridgehead atoms. The Kier molecular flexibility index (Phi) is 7.36. The number of aromatic nitrogens is 3. The van der Waals surface area contributed by atoms with E-state index in [1.165, 1.54) is 30.3 Å². The van der Waals surface area contributed by atoms with Gasteiger partial charge in [0.1, 0.15) is 28.8 Å². The third-order valence-corrected chi connectivity index (χ3v) is 5.63. The van der Waals surface area contributed by atoms with Crippen molar-refractivity contribution >= 4 is 38.3 Å². The standard InChI is InChI=1S/C20H16F2N4O.C6H4BrF/c1-26-11-17(15-7-8-23-20(27-2)18(15)26)16-9-13(22)10-24-19(16)25-14-5-3-12(21)4-6-14;7-5-1-3-6(8)4-2-5/h3-11H,1-2H3,(H,24,25);1-4H. The number of nitrogens with one attached hydrogen (secondary N) is 1. The Morgan fingerprint density at radius 3 is 2.14 bits per heavy atom. The molecule has 9 heteroatoms. The molecule has 3 heterocycles. The van der Waals surface area contributed by atoms with Crippen LogP contribution in [0.2, 0.25) is 0 Å². The normalized spacial score (nSPS) is 10.6. The second kappa shape index (κ2) is 10.6. The van der Waals surface area contributed by atoms with E-state index in [2.05, 4.69) is 31.2 Å². The van der Waals surface area contributed by atoms with Gasteiger partial charge < -0.3 is 14.6 Å². The minimum atomic E-state index is -0.451. The Labute approximate surface area is 208 Å². The van der Waals surface area contributed by atoms with E-state index in [1.54, 1.807) is 37.6 Å². The van der Waals surface area contributed by atoms with E-state index in [1.807, 2.05) is 23.9 Å². The highest BCUT2D eigenvalue weighted by Crippen LogP contribution is 2.37. The fourth-order valence-corrected chi connectivity index (χ4v) is 3.79. The number of pyridine rings is 2. The summed E-state index contributed by atoms with van der Waals surface area (Å²) in [5.41, 5.74) is 2.81. The lowest BCUT2D eigenvalue weighted by Crippen LogP contribution is -1.97. The van der Waals surface area contributed by atoms with E-state index in [0.29, 0.717) is 22.9 Å². The fourth-order valence-electron chi connectivity index (χ4n) is 3.53. The minimum absolute atomic E-state index is 0.201. The zero-order chi connectivity index (χ0) is 24.9. The summed E-state index contributed by atoms with van der Waals surface area (Å²) in [4.78, 5) is 8.42. The Hall–Kier alpha value is -3.85. The number of benzene rings is 2. The number of rotatable bonds is 4. The van der Waals surface area contributed by atoms with E-state index in [0.717, 1.165) is 27.1 Å². The van der Waals surface area contributed by atoms with Gasteiger partial charge in [0.25, 0.3) is 0 Å². The quantitative estimate of drug-likeness (QED) is 0.260. The van der Waals surface area contributed by atoms with Gasteiger partial charge in [-0.15, -0.1) is 0 Å². The molecule has 0 amide bonds. The molecular formula is C26H20BrF3N4O. The van der Waals surface area contributed by atoms with Crippen molar-refractivity contribution in [2.45, 2.75) is 0 Å². The van der Waals surface area contributed by atoms with Gasteiger partial charge in [0, 0.05) is 46.1 Å². The Balaban J connectivity index is 0.000000308. The molecule has 0 radical (unpaired) electrons. The number of aryl methyl sites for hydroxylation is 1. The van der Waals surface area contributed by atoms with Crippen LogP contribution in [0.4, 0.5) is 24.7 Å². The highest BCUT2D eigenvalue weighted by atomic mass is 79.9. The van der Waals surface area contributed by atoms with Crippen LogP contribution >= 0.6 is 15.9 Å². The molecule has 0 aliphatic heterocycles. The van der Waals surface area contributed by atoms with Crippen LogP contribution < -0.4 is 10.1 Å². The first-order valence-electron chi connectivity index (χ1n) is 10.4. The third-order valence-electron chi connectivity index (χ3n) is 5.10. The average molecular weight is 541 g/mol. The smallest absolute Gasteiger partial charge is 0.238 e. The highest BCUT2D eigenvalue weighted by molar-refractivity contribution is 9.10. The van der Waals surface area contributed by atoms with Crippen LogP contribution in [0.15, 0.2) is 83.7 Å². The highest BCUT2D eigenvalue weighted by Gasteiger charge is 2.17. The van der Waals surface area contributed by atoms with Crippen molar-refractivity contribution in [1.82, 2.24) is 14.5 Å². The number of ether oxygens (including phenoxy) is 1. The predicted molar refractivity (Wildman–Crippen MR) is 134 cm³/mol. The second-order valence-electron chi connectivity index (χ2n) is 7.49. The Morgan fingerprint density at radius 2 is 1.51 bits per heavy atom. The van der Waals surface area contributed by atoms with E-state index in [4.69, 9.17) is 4.74 Å². The van der Waals surface area contributed by atoms with Crippen molar-refractivity contribution in [3.05, 3.63) is 101 Å². The molecule has 0 spiro atoms. The van der Waals surface area contributed by atoms with Gasteiger partial charge in [-0.1, -0.05) is 15.9 Å². The number of halogens is 4. The molecule has 1 N–H and O–H groups in total. The molecule has 5 aromatic rings. The van der Waals surface area contributed by atoms with Crippen molar-refractivity contribution in [3.8, 4) is 17.0 Å². The number of fused-ring (bicyclic) bond motifs is 1. The van der Waals surface area contributed by atoms with Crippen LogP contribution in [0.5, 0.6) is 5.88 Å². The molecule has 3 aromatic heterocycles. The topological polar surface area (TPSA) is 52.0 Å². The predicted octanol–water partition coefficient (Wildman–Crippen LogP) is 7.25. The number of nitrogens with zero attached hydrogens (tertiary/aromatic N) is 3. The summed E-state index contributed by atoms with van der Waals surface area (Å²) >= 11 is 3.18. The molecule has 178 valence electrons. The Morgan fingerprint density at radius 1 is 0.857 bits per heavy atom. The SMILES string of the molecule is COc1nccc2c(-c3cc(F)cnc3Nc3ccc(F)cc3)cn(C)c12.Fc1ccc(Br)cc1. The number of hydrogen-bond acceptors (Lipinski definition) is 4. The number of methoxy groups -OCH3 is 1. The van der Waals surface area contributed by atoms with Gasteiger partial charge in [-0.25, -0.2) is 23.1 Å². The van der Waals surface area contributed by atoms with Crippen LogP contribution in [0.25, 0.3) is 22.0 Å². The molecule has 35 heavy (non-hydrogen) atoms. The van der Waals surface area contributed by atoms with Gasteiger partial charge in [-0.3, -0.25) is 0 Å². The zero-order valence-electron chi connectivity index (χ0n) is 18.8. The number of anilines is 2. The molecular weight excluding hydrogens is 521 g/mol. The van der Waals surface area contributed by atoms with Gasteiger partial charge >= 0.3 is 0 Å². The summed E-state index contributed by atoms with van der Waals surface area (Å²) in [6.07, 6.45) is 4.66. The molecule has 0 aliphatic rings. The number of hydrogen-bond donors (Lipinski definition) is 1. The van der Waals surface area contributed by atoms with E-state index in [-0.39, 0.29) is 11.6 Å². The largest absolute Gasteiger partial charge is 0.479 e. The first-order chi connectivity index (χ1) is 16.9. The Bertz CT molecular complexity index is 1430. The molecule has 0 saturated heterocycles. The van der Waals surface area contributed by atoms with E-state index in [9.17, 15) is 13.2 Å². The zero-order valence-corrected chi connectivity index (χ0v) is 20.4. The summed E-state index contributed by atoms with van der Waals surface area (Å²) in [5, 5.41) is 3.99. The molecule has 0 saturated carbocycles. The van der Waals surface area contributed by atoms with Crippen LogP contribution in [-0.4, -0.2) is 21.6 Å². The maximum absolute atomic E-state index is 14.0. The minimum Gasteiger partial charge on any atom is -0.479 e. The van der Waals surface area contributed by atoms with E-state index < -0.39 is 5.82 Å². The van der Waals surface area contributed by atoms with Gasteiger partial charge in [0.15, 0.2) is 0 Å². The maximum atomic E-state index is 14.0. The van der Waals surface area contributed by atoms with Crippen molar-refractivity contribution < 1.29 is 17.9 Å². The molecule has 5 rings (SSSR count). The van der Waals surface area contributed by atoms with Crippen LogP contribution in [-0.2, 0) is 7.05 Å².